The number of carbonyl (C=O) groups excluding carboxylic acids is 1. The number of hydrogen-bond acceptors (Lipinski definition) is 2. The van der Waals surface area contributed by atoms with Crippen LogP contribution < -0.4 is 0 Å². The van der Waals surface area contributed by atoms with Crippen molar-refractivity contribution in [2.45, 2.75) is 32.8 Å². The minimum Gasteiger partial charge on any atom is -0.484 e. The van der Waals surface area contributed by atoms with Gasteiger partial charge >= 0.3 is 0 Å². The highest BCUT2D eigenvalue weighted by atomic mass is 16.5. The van der Waals surface area contributed by atoms with E-state index in [1.807, 2.05) is 6.92 Å². The van der Waals surface area contributed by atoms with E-state index in [0.29, 0.717) is 6.42 Å². The number of ketones is 1. The monoisotopic (exact) mass is 166 g/mol. The minimum atomic E-state index is -0.664. The fourth-order valence-corrected chi connectivity index (χ4v) is 1.39. The Morgan fingerprint density at radius 3 is 2.50 bits per heavy atom. The van der Waals surface area contributed by atoms with Gasteiger partial charge in [-0.05, 0) is 27.2 Å². The van der Waals surface area contributed by atoms with Gasteiger partial charge in [0.05, 0.1) is 0 Å². The van der Waals surface area contributed by atoms with Crippen molar-refractivity contribution in [1.29, 1.82) is 0 Å². The van der Waals surface area contributed by atoms with Gasteiger partial charge < -0.3 is 4.74 Å². The summed E-state index contributed by atoms with van der Waals surface area (Å²) in [5, 5.41) is 0. The lowest BCUT2D eigenvalue weighted by Gasteiger charge is -2.16. The molecule has 2 heteroatoms. The number of Topliss-reactive ketones (excluding diaryl/α,β-unsaturated/α-hetero) is 1. The van der Waals surface area contributed by atoms with Crippen LogP contribution in [0.1, 0.15) is 27.2 Å². The highest BCUT2D eigenvalue weighted by Crippen LogP contribution is 2.31. The summed E-state index contributed by atoms with van der Waals surface area (Å²) < 4.78 is 5.41. The fourth-order valence-electron chi connectivity index (χ4n) is 1.39. The van der Waals surface area contributed by atoms with Crippen molar-refractivity contribution in [3.63, 3.8) is 0 Å². The van der Waals surface area contributed by atoms with Gasteiger partial charge in [0.2, 0.25) is 5.78 Å². The summed E-state index contributed by atoms with van der Waals surface area (Å²) in [6, 6.07) is 0. The molecule has 0 aromatic rings. The molecule has 0 spiro atoms. The first kappa shape index (κ1) is 9.04. The molecule has 2 nitrogen and oxygen atoms in total. The normalized spacial score (nSPS) is 21.1. The number of hydrogen-bond donors (Lipinski definition) is 0. The first-order valence-corrected chi connectivity index (χ1v) is 4.03. The van der Waals surface area contributed by atoms with E-state index >= 15 is 0 Å². The molecule has 0 aliphatic carbocycles. The zero-order valence-corrected chi connectivity index (χ0v) is 7.81. The molecule has 0 radical (unpaired) electrons. The average molecular weight is 166 g/mol. The Bertz CT molecular complexity index is 259. The van der Waals surface area contributed by atoms with Crippen LogP contribution in [0.25, 0.3) is 0 Å². The van der Waals surface area contributed by atoms with Crippen LogP contribution in [0.15, 0.2) is 24.0 Å². The fraction of sp³-hybridized carbons (Fsp3) is 0.500. The second-order valence-electron chi connectivity index (χ2n) is 3.47. The Balaban J connectivity index is 2.93. The van der Waals surface area contributed by atoms with Crippen molar-refractivity contribution < 1.29 is 9.53 Å². The maximum atomic E-state index is 11.6. The summed E-state index contributed by atoms with van der Waals surface area (Å²) in [5.41, 5.74) is 0.0950. The largest absolute Gasteiger partial charge is 0.484 e. The van der Waals surface area contributed by atoms with Crippen LogP contribution in [0.5, 0.6) is 0 Å². The van der Waals surface area contributed by atoms with E-state index in [-0.39, 0.29) is 5.78 Å². The lowest BCUT2D eigenvalue weighted by molar-refractivity contribution is -0.127. The number of ether oxygens (including phenoxy) is 1. The van der Waals surface area contributed by atoms with E-state index in [2.05, 4.69) is 6.58 Å². The topological polar surface area (TPSA) is 26.3 Å². The van der Waals surface area contributed by atoms with Gasteiger partial charge in [-0.1, -0.05) is 6.08 Å². The van der Waals surface area contributed by atoms with E-state index in [0.717, 1.165) is 11.3 Å². The van der Waals surface area contributed by atoms with Crippen molar-refractivity contribution in [3.8, 4) is 0 Å². The number of allylic oxidation sites excluding steroid dienone is 2. The maximum Gasteiger partial charge on any atom is 0.205 e. The second-order valence-corrected chi connectivity index (χ2v) is 3.47. The zero-order chi connectivity index (χ0) is 9.35. The standard InChI is InChI=1S/C10H14O2/c1-5-6-8-7(2)12-10(3,4)9(8)11/h5H,1,6H2,2-4H3. The van der Waals surface area contributed by atoms with Crippen LogP contribution in [-0.4, -0.2) is 11.4 Å². The van der Waals surface area contributed by atoms with Crippen molar-refractivity contribution in [2.75, 3.05) is 0 Å². The van der Waals surface area contributed by atoms with Crippen molar-refractivity contribution in [1.82, 2.24) is 0 Å². The third-order valence-corrected chi connectivity index (χ3v) is 2.00. The quantitative estimate of drug-likeness (QED) is 0.588. The van der Waals surface area contributed by atoms with E-state index in [1.165, 1.54) is 0 Å². The molecule has 1 aliphatic heterocycles. The Morgan fingerprint density at radius 2 is 2.17 bits per heavy atom. The van der Waals surface area contributed by atoms with Gasteiger partial charge in [0.15, 0.2) is 5.60 Å². The third-order valence-electron chi connectivity index (χ3n) is 2.00. The van der Waals surface area contributed by atoms with Crippen LogP contribution in [0.4, 0.5) is 0 Å². The van der Waals surface area contributed by atoms with Gasteiger partial charge in [-0.3, -0.25) is 4.79 Å². The summed E-state index contributed by atoms with van der Waals surface area (Å²) in [5.74, 6) is 0.824. The molecule has 0 saturated carbocycles. The minimum absolute atomic E-state index is 0.0832. The van der Waals surface area contributed by atoms with Crippen LogP contribution >= 0.6 is 0 Å². The van der Waals surface area contributed by atoms with Gasteiger partial charge in [-0.25, -0.2) is 0 Å². The average Bonchev–Trinajstić information content (AvgIpc) is 2.13. The summed E-state index contributed by atoms with van der Waals surface area (Å²) in [4.78, 5) is 11.6. The van der Waals surface area contributed by atoms with E-state index in [4.69, 9.17) is 4.74 Å². The molecule has 1 rings (SSSR count). The van der Waals surface area contributed by atoms with E-state index < -0.39 is 5.60 Å². The third kappa shape index (κ3) is 1.29. The van der Waals surface area contributed by atoms with E-state index in [1.54, 1.807) is 19.9 Å². The van der Waals surface area contributed by atoms with Crippen molar-refractivity contribution >= 4 is 5.78 Å². The van der Waals surface area contributed by atoms with Crippen LogP contribution in [0.2, 0.25) is 0 Å². The summed E-state index contributed by atoms with van der Waals surface area (Å²) >= 11 is 0. The van der Waals surface area contributed by atoms with Crippen LogP contribution in [-0.2, 0) is 9.53 Å². The molecule has 0 unspecified atom stereocenters. The van der Waals surface area contributed by atoms with Gasteiger partial charge in [-0.15, -0.1) is 6.58 Å². The summed E-state index contributed by atoms with van der Waals surface area (Å²) in [6.45, 7) is 9.00. The molecular formula is C10H14O2. The molecule has 66 valence electrons. The summed E-state index contributed by atoms with van der Waals surface area (Å²) in [7, 11) is 0. The van der Waals surface area contributed by atoms with Gasteiger partial charge in [0.1, 0.15) is 5.76 Å². The van der Waals surface area contributed by atoms with Gasteiger partial charge in [-0.2, -0.15) is 0 Å². The predicted molar refractivity (Wildman–Crippen MR) is 47.7 cm³/mol. The Kier molecular flexibility index (Phi) is 2.09. The molecule has 0 aromatic carbocycles. The molecule has 0 amide bonds. The summed E-state index contributed by atoms with van der Waals surface area (Å²) in [6.07, 6.45) is 2.33. The molecular weight excluding hydrogens is 152 g/mol. The molecule has 12 heavy (non-hydrogen) atoms. The SMILES string of the molecule is C=CCC1=C(C)OC(C)(C)C1=O. The van der Waals surface area contributed by atoms with Gasteiger partial charge in [0.25, 0.3) is 0 Å². The molecule has 0 N–H and O–H groups in total. The Hall–Kier alpha value is -1.05. The molecule has 0 fully saturated rings. The zero-order valence-electron chi connectivity index (χ0n) is 7.81. The Labute approximate surface area is 72.9 Å². The molecule has 0 bridgehead atoms. The lowest BCUT2D eigenvalue weighted by atomic mass is 9.97. The van der Waals surface area contributed by atoms with Crippen molar-refractivity contribution in [2.24, 2.45) is 0 Å². The molecule has 1 aliphatic rings. The molecule has 0 aromatic heterocycles. The maximum absolute atomic E-state index is 11.6. The lowest BCUT2D eigenvalue weighted by Crippen LogP contribution is -2.29. The molecule has 0 saturated heterocycles. The highest BCUT2D eigenvalue weighted by Gasteiger charge is 2.39. The number of rotatable bonds is 2. The van der Waals surface area contributed by atoms with Crippen molar-refractivity contribution in [3.05, 3.63) is 24.0 Å². The molecule has 1 heterocycles. The van der Waals surface area contributed by atoms with Crippen LogP contribution in [0.3, 0.4) is 0 Å². The first-order valence-electron chi connectivity index (χ1n) is 4.03. The second kappa shape index (κ2) is 2.77. The van der Waals surface area contributed by atoms with E-state index in [9.17, 15) is 4.79 Å². The highest BCUT2D eigenvalue weighted by molar-refractivity contribution is 6.03. The predicted octanol–water partition coefficient (Wildman–Crippen LogP) is 2.21. The molecule has 0 atom stereocenters. The first-order chi connectivity index (χ1) is 5.49. The Morgan fingerprint density at radius 1 is 1.58 bits per heavy atom. The van der Waals surface area contributed by atoms with Crippen LogP contribution in [0, 0.1) is 0 Å². The van der Waals surface area contributed by atoms with Gasteiger partial charge in [0, 0.05) is 5.57 Å². The smallest absolute Gasteiger partial charge is 0.205 e. The number of carbonyl (C=O) groups is 1.